The number of carbonyl (C=O) groups is 2. The zero-order valence-electron chi connectivity index (χ0n) is 18.3. The molecule has 0 spiro atoms. The third-order valence-electron chi connectivity index (χ3n) is 5.74. The van der Waals surface area contributed by atoms with Gasteiger partial charge in [0, 0.05) is 37.5 Å². The lowest BCUT2D eigenvalue weighted by Gasteiger charge is -2.37. The summed E-state index contributed by atoms with van der Waals surface area (Å²) in [7, 11) is 1.58. The van der Waals surface area contributed by atoms with Crippen LogP contribution >= 0.6 is 0 Å². The van der Waals surface area contributed by atoms with Gasteiger partial charge >= 0.3 is 0 Å². The number of aryl methyl sites for hydroxylation is 1. The fraction of sp³-hybridized carbons (Fsp3) is 0.522. The van der Waals surface area contributed by atoms with Crippen molar-refractivity contribution in [1.29, 1.82) is 0 Å². The van der Waals surface area contributed by atoms with Crippen molar-refractivity contribution >= 4 is 11.8 Å². The fourth-order valence-electron chi connectivity index (χ4n) is 4.01. The Balaban J connectivity index is 1.70. The number of hydrogen-bond acceptors (Lipinski definition) is 4. The van der Waals surface area contributed by atoms with E-state index in [9.17, 15) is 9.59 Å². The Morgan fingerprint density at radius 3 is 2.63 bits per heavy atom. The Bertz CT molecular complexity index is 860. The number of likely N-dealkylation sites (tertiary alicyclic amines) is 1. The monoisotopic (exact) mass is 412 g/mol. The number of aromatic nitrogens is 2. The Morgan fingerprint density at radius 2 is 2.00 bits per heavy atom. The van der Waals surface area contributed by atoms with Crippen molar-refractivity contribution in [3.63, 3.8) is 0 Å². The van der Waals surface area contributed by atoms with Crippen LogP contribution in [-0.2, 0) is 11.2 Å². The smallest absolute Gasteiger partial charge is 0.251 e. The van der Waals surface area contributed by atoms with Crippen molar-refractivity contribution in [1.82, 2.24) is 19.8 Å². The van der Waals surface area contributed by atoms with E-state index in [0.717, 1.165) is 25.1 Å². The zero-order chi connectivity index (χ0) is 21.7. The molecule has 1 aromatic carbocycles. The molecule has 1 aromatic heterocycles. The first kappa shape index (κ1) is 21.9. The van der Waals surface area contributed by atoms with Gasteiger partial charge in [0.05, 0.1) is 13.2 Å². The van der Waals surface area contributed by atoms with E-state index < -0.39 is 6.04 Å². The number of piperidine rings is 1. The van der Waals surface area contributed by atoms with Crippen LogP contribution in [0.5, 0.6) is 5.75 Å². The van der Waals surface area contributed by atoms with Gasteiger partial charge in [0.1, 0.15) is 17.6 Å². The topological polar surface area (TPSA) is 76.5 Å². The summed E-state index contributed by atoms with van der Waals surface area (Å²) in [6, 6.07) is 6.56. The molecule has 0 bridgehead atoms. The molecule has 7 heteroatoms. The number of hydrogen-bond donors (Lipinski definition) is 1. The summed E-state index contributed by atoms with van der Waals surface area (Å²) >= 11 is 0. The largest absolute Gasteiger partial charge is 0.497 e. The number of carbonyl (C=O) groups excluding carboxylic acids is 2. The first-order valence-electron chi connectivity index (χ1n) is 10.7. The SMILES string of the molecule is CCc1nccn1C1CCCN(C(=O)C(NC(=O)c2ccc(OC)cc2)C(C)C)C1. The van der Waals surface area contributed by atoms with Crippen LogP contribution < -0.4 is 10.1 Å². The van der Waals surface area contributed by atoms with Crippen molar-refractivity contribution < 1.29 is 14.3 Å². The normalized spacial score (nSPS) is 17.6. The number of nitrogens with zero attached hydrogens (tertiary/aromatic N) is 3. The summed E-state index contributed by atoms with van der Waals surface area (Å²) in [6.45, 7) is 7.37. The van der Waals surface area contributed by atoms with Crippen LogP contribution in [0, 0.1) is 5.92 Å². The van der Waals surface area contributed by atoms with Crippen LogP contribution in [-0.4, -0.2) is 52.5 Å². The van der Waals surface area contributed by atoms with E-state index in [1.54, 1.807) is 31.4 Å². The minimum absolute atomic E-state index is 0.0143. The molecule has 1 N–H and O–H groups in total. The van der Waals surface area contributed by atoms with Gasteiger partial charge in [0.15, 0.2) is 0 Å². The maximum Gasteiger partial charge on any atom is 0.251 e. The highest BCUT2D eigenvalue weighted by atomic mass is 16.5. The second kappa shape index (κ2) is 9.78. The standard InChI is InChI=1S/C23H32N4O3/c1-5-20-24-12-14-27(20)18-7-6-13-26(15-18)23(29)21(16(2)3)25-22(28)17-8-10-19(30-4)11-9-17/h8-12,14,16,18,21H,5-7,13,15H2,1-4H3,(H,25,28). The average Bonchev–Trinajstić information content (AvgIpc) is 3.25. The van der Waals surface area contributed by atoms with Crippen LogP contribution in [0.15, 0.2) is 36.7 Å². The van der Waals surface area contributed by atoms with Gasteiger partial charge in [0.25, 0.3) is 5.91 Å². The van der Waals surface area contributed by atoms with Gasteiger partial charge in [-0.25, -0.2) is 4.98 Å². The summed E-state index contributed by atoms with van der Waals surface area (Å²) in [6.07, 6.45) is 6.66. The highest BCUT2D eigenvalue weighted by Crippen LogP contribution is 2.24. The molecule has 1 aliphatic rings. The van der Waals surface area contributed by atoms with E-state index in [2.05, 4.69) is 21.8 Å². The number of benzene rings is 1. The zero-order valence-corrected chi connectivity index (χ0v) is 18.3. The minimum Gasteiger partial charge on any atom is -0.497 e. The maximum absolute atomic E-state index is 13.3. The molecule has 0 radical (unpaired) electrons. The number of methoxy groups -OCH3 is 1. The van der Waals surface area contributed by atoms with E-state index in [1.165, 1.54) is 0 Å². The van der Waals surface area contributed by atoms with E-state index >= 15 is 0 Å². The molecule has 2 aromatic rings. The highest BCUT2D eigenvalue weighted by molar-refractivity contribution is 5.97. The second-order valence-corrected chi connectivity index (χ2v) is 8.11. The maximum atomic E-state index is 13.3. The fourth-order valence-corrected chi connectivity index (χ4v) is 4.01. The number of imidazole rings is 1. The Kier molecular flexibility index (Phi) is 7.13. The molecule has 7 nitrogen and oxygen atoms in total. The molecule has 162 valence electrons. The molecule has 2 amide bonds. The first-order chi connectivity index (χ1) is 14.4. The summed E-state index contributed by atoms with van der Waals surface area (Å²) in [5.41, 5.74) is 0.511. The molecule has 3 rings (SSSR count). The number of ether oxygens (including phenoxy) is 1. The van der Waals surface area contributed by atoms with Gasteiger partial charge in [0.2, 0.25) is 5.91 Å². The van der Waals surface area contributed by atoms with Crippen molar-refractivity contribution in [3.05, 3.63) is 48.0 Å². The third-order valence-corrected chi connectivity index (χ3v) is 5.74. The third kappa shape index (κ3) is 4.83. The van der Waals surface area contributed by atoms with Crippen molar-refractivity contribution in [2.24, 2.45) is 5.92 Å². The van der Waals surface area contributed by atoms with Crippen LogP contribution in [0.3, 0.4) is 0 Å². The molecule has 2 atom stereocenters. The lowest BCUT2D eigenvalue weighted by molar-refractivity contribution is -0.136. The number of amides is 2. The van der Waals surface area contributed by atoms with Gasteiger partial charge in [-0.05, 0) is 43.0 Å². The molecule has 1 aliphatic heterocycles. The predicted octanol–water partition coefficient (Wildman–Crippen LogP) is 3.07. The van der Waals surface area contributed by atoms with Crippen molar-refractivity contribution in [2.75, 3.05) is 20.2 Å². The molecule has 30 heavy (non-hydrogen) atoms. The Hall–Kier alpha value is -2.83. The first-order valence-corrected chi connectivity index (χ1v) is 10.7. The predicted molar refractivity (Wildman–Crippen MR) is 116 cm³/mol. The lowest BCUT2D eigenvalue weighted by atomic mass is 9.99. The van der Waals surface area contributed by atoms with Gasteiger partial charge in [-0.1, -0.05) is 20.8 Å². The quantitative estimate of drug-likeness (QED) is 0.758. The van der Waals surface area contributed by atoms with E-state index in [1.807, 2.05) is 31.1 Å². The molecular formula is C23H32N4O3. The summed E-state index contributed by atoms with van der Waals surface area (Å²) in [4.78, 5) is 32.4. The van der Waals surface area contributed by atoms with Crippen molar-refractivity contribution in [2.45, 2.75) is 52.1 Å². The van der Waals surface area contributed by atoms with Gasteiger partial charge in [-0.3, -0.25) is 9.59 Å². The lowest BCUT2D eigenvalue weighted by Crippen LogP contribution is -2.53. The molecular weight excluding hydrogens is 380 g/mol. The minimum atomic E-state index is -0.563. The molecule has 1 saturated heterocycles. The molecule has 0 saturated carbocycles. The average molecular weight is 413 g/mol. The van der Waals surface area contributed by atoms with E-state index in [4.69, 9.17) is 4.74 Å². The Morgan fingerprint density at radius 1 is 1.27 bits per heavy atom. The van der Waals surface area contributed by atoms with E-state index in [-0.39, 0.29) is 23.8 Å². The van der Waals surface area contributed by atoms with Crippen LogP contribution in [0.1, 0.15) is 55.8 Å². The summed E-state index contributed by atoms with van der Waals surface area (Å²) in [5.74, 6) is 1.45. The molecule has 1 fully saturated rings. The summed E-state index contributed by atoms with van der Waals surface area (Å²) < 4.78 is 7.34. The molecule has 2 heterocycles. The van der Waals surface area contributed by atoms with Gasteiger partial charge < -0.3 is 19.5 Å². The van der Waals surface area contributed by atoms with Crippen LogP contribution in [0.25, 0.3) is 0 Å². The van der Waals surface area contributed by atoms with E-state index in [0.29, 0.717) is 24.4 Å². The summed E-state index contributed by atoms with van der Waals surface area (Å²) in [5, 5.41) is 2.95. The highest BCUT2D eigenvalue weighted by Gasteiger charge is 2.32. The van der Waals surface area contributed by atoms with Gasteiger partial charge in [-0.2, -0.15) is 0 Å². The van der Waals surface area contributed by atoms with Crippen LogP contribution in [0.4, 0.5) is 0 Å². The molecule has 2 unspecified atom stereocenters. The van der Waals surface area contributed by atoms with Crippen LogP contribution in [0.2, 0.25) is 0 Å². The number of rotatable bonds is 7. The Labute approximate surface area is 178 Å². The van der Waals surface area contributed by atoms with Gasteiger partial charge in [-0.15, -0.1) is 0 Å². The number of nitrogens with one attached hydrogen (secondary N) is 1. The second-order valence-electron chi connectivity index (χ2n) is 8.11. The molecule has 0 aliphatic carbocycles. The van der Waals surface area contributed by atoms with Crippen molar-refractivity contribution in [3.8, 4) is 5.75 Å².